The van der Waals surface area contributed by atoms with E-state index >= 15 is 0 Å². The second-order valence-electron chi connectivity index (χ2n) is 6.28. The van der Waals surface area contributed by atoms with Gasteiger partial charge in [-0.05, 0) is 42.3 Å². The van der Waals surface area contributed by atoms with Crippen LogP contribution in [-0.2, 0) is 9.59 Å². The highest BCUT2D eigenvalue weighted by atomic mass is 32.2. The molecule has 1 fully saturated rings. The number of aliphatic carboxylic acids is 1. The molecule has 5 nitrogen and oxygen atoms in total. The van der Waals surface area contributed by atoms with Crippen molar-refractivity contribution in [1.82, 2.24) is 0 Å². The summed E-state index contributed by atoms with van der Waals surface area (Å²) in [6.45, 7) is 1.88. The first-order chi connectivity index (χ1) is 13.0. The van der Waals surface area contributed by atoms with Crippen LogP contribution >= 0.6 is 11.8 Å². The van der Waals surface area contributed by atoms with Gasteiger partial charge in [-0.1, -0.05) is 36.4 Å². The highest BCUT2D eigenvalue weighted by molar-refractivity contribution is 8.01. The van der Waals surface area contributed by atoms with Crippen LogP contribution in [0.15, 0.2) is 60.2 Å². The molecule has 3 rings (SSSR count). The molecule has 1 aliphatic rings. The number of carboxylic acid groups (broad SMARTS) is 1. The molecular formula is C21H21NO4S. The summed E-state index contributed by atoms with van der Waals surface area (Å²) >= 11 is 1.18. The van der Waals surface area contributed by atoms with E-state index in [1.807, 2.05) is 43.3 Å². The van der Waals surface area contributed by atoms with E-state index in [0.29, 0.717) is 11.4 Å². The van der Waals surface area contributed by atoms with E-state index < -0.39 is 17.3 Å². The predicted molar refractivity (Wildman–Crippen MR) is 108 cm³/mol. The SMILES string of the molecule is COc1ccc(N2C(=O)CS[C@H](C(=O)O)[C@H]2/C(C)=C/c2ccccc2)cc1. The van der Waals surface area contributed by atoms with Gasteiger partial charge in [0.05, 0.1) is 18.9 Å². The van der Waals surface area contributed by atoms with Crippen LogP contribution in [0, 0.1) is 0 Å². The van der Waals surface area contributed by atoms with Gasteiger partial charge in [-0.3, -0.25) is 9.59 Å². The van der Waals surface area contributed by atoms with Crippen molar-refractivity contribution in [3.8, 4) is 5.75 Å². The van der Waals surface area contributed by atoms with E-state index in [-0.39, 0.29) is 11.7 Å². The molecule has 2 aromatic rings. The van der Waals surface area contributed by atoms with Crippen LogP contribution in [-0.4, -0.2) is 41.1 Å². The third-order valence-electron chi connectivity index (χ3n) is 4.47. The molecule has 0 spiro atoms. The number of benzene rings is 2. The van der Waals surface area contributed by atoms with Crippen LogP contribution in [0.3, 0.4) is 0 Å². The maximum Gasteiger partial charge on any atom is 0.319 e. The summed E-state index contributed by atoms with van der Waals surface area (Å²) in [5.74, 6) is -0.205. The van der Waals surface area contributed by atoms with E-state index in [1.54, 1.807) is 36.3 Å². The minimum atomic E-state index is -0.920. The number of ether oxygens (including phenoxy) is 1. The van der Waals surface area contributed by atoms with Crippen LogP contribution < -0.4 is 9.64 Å². The summed E-state index contributed by atoms with van der Waals surface area (Å²) in [4.78, 5) is 26.2. The maximum atomic E-state index is 12.7. The van der Waals surface area contributed by atoms with E-state index in [0.717, 1.165) is 11.1 Å². The summed E-state index contributed by atoms with van der Waals surface area (Å²) in [5.41, 5.74) is 2.46. The molecule has 1 aliphatic heterocycles. The van der Waals surface area contributed by atoms with Crippen LogP contribution in [0.1, 0.15) is 12.5 Å². The van der Waals surface area contributed by atoms with Gasteiger partial charge in [0, 0.05) is 5.69 Å². The van der Waals surface area contributed by atoms with Crippen molar-refractivity contribution in [2.75, 3.05) is 17.8 Å². The molecule has 2 atom stereocenters. The Morgan fingerprint density at radius 2 is 1.85 bits per heavy atom. The van der Waals surface area contributed by atoms with E-state index in [1.165, 1.54) is 11.8 Å². The summed E-state index contributed by atoms with van der Waals surface area (Å²) < 4.78 is 5.18. The van der Waals surface area contributed by atoms with E-state index in [9.17, 15) is 14.7 Å². The molecule has 1 amide bonds. The molecule has 1 saturated heterocycles. The molecule has 2 aromatic carbocycles. The lowest BCUT2D eigenvalue weighted by Gasteiger charge is -2.39. The van der Waals surface area contributed by atoms with Gasteiger partial charge in [-0.2, -0.15) is 0 Å². The molecular weight excluding hydrogens is 362 g/mol. The summed E-state index contributed by atoms with van der Waals surface area (Å²) in [7, 11) is 1.58. The minimum absolute atomic E-state index is 0.103. The summed E-state index contributed by atoms with van der Waals surface area (Å²) in [5, 5.41) is 9.02. The molecule has 0 radical (unpaired) electrons. The zero-order valence-electron chi connectivity index (χ0n) is 15.2. The Bertz CT molecular complexity index is 848. The van der Waals surface area contributed by atoms with Gasteiger partial charge in [0.1, 0.15) is 11.0 Å². The Hall–Kier alpha value is -2.73. The van der Waals surface area contributed by atoms with Gasteiger partial charge in [0.2, 0.25) is 5.91 Å². The van der Waals surface area contributed by atoms with Gasteiger partial charge < -0.3 is 14.7 Å². The summed E-state index contributed by atoms with van der Waals surface area (Å²) in [6, 6.07) is 16.2. The minimum Gasteiger partial charge on any atom is -0.497 e. The third kappa shape index (κ3) is 4.17. The number of hydrogen-bond donors (Lipinski definition) is 1. The smallest absolute Gasteiger partial charge is 0.319 e. The van der Waals surface area contributed by atoms with Gasteiger partial charge in [0.15, 0.2) is 0 Å². The first-order valence-electron chi connectivity index (χ1n) is 8.55. The molecule has 6 heteroatoms. The Kier molecular flexibility index (Phi) is 5.86. The van der Waals surface area contributed by atoms with Crippen LogP contribution in [0.25, 0.3) is 6.08 Å². The van der Waals surface area contributed by atoms with Crippen molar-refractivity contribution in [2.24, 2.45) is 0 Å². The van der Waals surface area contributed by atoms with Crippen molar-refractivity contribution in [1.29, 1.82) is 0 Å². The van der Waals surface area contributed by atoms with Crippen LogP contribution in [0.4, 0.5) is 5.69 Å². The van der Waals surface area contributed by atoms with Crippen molar-refractivity contribution in [3.05, 3.63) is 65.7 Å². The average Bonchev–Trinajstić information content (AvgIpc) is 2.68. The van der Waals surface area contributed by atoms with Crippen molar-refractivity contribution in [3.63, 3.8) is 0 Å². The van der Waals surface area contributed by atoms with E-state index in [2.05, 4.69) is 0 Å². The number of carbonyl (C=O) groups excluding carboxylic acids is 1. The molecule has 27 heavy (non-hydrogen) atoms. The van der Waals surface area contributed by atoms with E-state index in [4.69, 9.17) is 4.74 Å². The molecule has 1 heterocycles. The lowest BCUT2D eigenvalue weighted by atomic mass is 9.99. The number of anilines is 1. The van der Waals surface area contributed by atoms with Gasteiger partial charge in [-0.15, -0.1) is 11.8 Å². The molecule has 0 unspecified atom stereocenters. The Morgan fingerprint density at radius 1 is 1.19 bits per heavy atom. The van der Waals surface area contributed by atoms with Crippen molar-refractivity contribution < 1.29 is 19.4 Å². The Labute approximate surface area is 162 Å². The first kappa shape index (κ1) is 19.0. The fraction of sp³-hybridized carbons (Fsp3) is 0.238. The quantitative estimate of drug-likeness (QED) is 0.853. The Balaban J connectivity index is 2.04. The monoisotopic (exact) mass is 383 g/mol. The van der Waals surface area contributed by atoms with Crippen LogP contribution in [0.2, 0.25) is 0 Å². The van der Waals surface area contributed by atoms with Crippen LogP contribution in [0.5, 0.6) is 5.75 Å². The lowest BCUT2D eigenvalue weighted by Crippen LogP contribution is -2.54. The average molecular weight is 383 g/mol. The fourth-order valence-electron chi connectivity index (χ4n) is 3.21. The molecule has 140 valence electrons. The number of nitrogens with zero attached hydrogens (tertiary/aromatic N) is 1. The largest absolute Gasteiger partial charge is 0.497 e. The molecule has 0 bridgehead atoms. The topological polar surface area (TPSA) is 66.8 Å². The zero-order valence-corrected chi connectivity index (χ0v) is 16.0. The molecule has 0 aliphatic carbocycles. The standard InChI is InChI=1S/C21H21NO4S/c1-14(12-15-6-4-3-5-7-15)19-20(21(24)25)27-13-18(23)22(19)16-8-10-17(26-2)11-9-16/h3-12,19-20H,13H2,1-2H3,(H,24,25)/b14-12+/t19-,20+/m1/s1. The lowest BCUT2D eigenvalue weighted by molar-refractivity contribution is -0.136. The molecule has 0 aromatic heterocycles. The maximum absolute atomic E-state index is 12.7. The number of carbonyl (C=O) groups is 2. The summed E-state index contributed by atoms with van der Waals surface area (Å²) in [6.07, 6.45) is 1.94. The number of carboxylic acids is 1. The van der Waals surface area contributed by atoms with Gasteiger partial charge in [-0.25, -0.2) is 0 Å². The number of hydrogen-bond acceptors (Lipinski definition) is 4. The number of amides is 1. The predicted octanol–water partition coefficient (Wildman–Crippen LogP) is 3.70. The normalized spacial score (nSPS) is 20.4. The third-order valence-corrected chi connectivity index (χ3v) is 5.71. The number of thioether (sulfide) groups is 1. The fourth-order valence-corrected chi connectivity index (χ4v) is 4.33. The zero-order chi connectivity index (χ0) is 19.4. The molecule has 1 N–H and O–H groups in total. The number of rotatable bonds is 5. The second-order valence-corrected chi connectivity index (χ2v) is 7.41. The first-order valence-corrected chi connectivity index (χ1v) is 9.60. The van der Waals surface area contributed by atoms with Crippen molar-refractivity contribution >= 4 is 35.4 Å². The van der Waals surface area contributed by atoms with Gasteiger partial charge in [0.25, 0.3) is 0 Å². The van der Waals surface area contributed by atoms with Gasteiger partial charge >= 0.3 is 5.97 Å². The highest BCUT2D eigenvalue weighted by Crippen LogP contribution is 2.35. The van der Waals surface area contributed by atoms with Crippen molar-refractivity contribution in [2.45, 2.75) is 18.2 Å². The second kappa shape index (κ2) is 8.31. The Morgan fingerprint density at radius 3 is 2.44 bits per heavy atom. The highest BCUT2D eigenvalue weighted by Gasteiger charge is 2.42. The number of methoxy groups -OCH3 is 1. The molecule has 0 saturated carbocycles.